The SMILES string of the molecule is NC(=O)CSC=CCCNCC(=O)N[C@@H](CS)C(=O)N[C@@H](CCCN=C(N)N)C(=O)NCC(=O)N[C@@H](CC(=O)O)C(=O)N[C@@H](CS)C(=O)N[C@@H](Cc1ccccc1)C(N)=O. The second kappa shape index (κ2) is 29.6. The van der Waals surface area contributed by atoms with Crippen LogP contribution in [-0.4, -0.2) is 138 Å². The van der Waals surface area contributed by atoms with Gasteiger partial charge in [0.2, 0.25) is 47.3 Å². The molecule has 1 aromatic rings. The third-order valence-electron chi connectivity index (χ3n) is 7.82. The van der Waals surface area contributed by atoms with Crippen LogP contribution in [0.25, 0.3) is 0 Å². The Labute approximate surface area is 361 Å². The molecule has 25 heteroatoms. The Hall–Kier alpha value is -5.53. The number of nitrogens with one attached hydrogen (secondary N) is 7. The summed E-state index contributed by atoms with van der Waals surface area (Å²) in [7, 11) is 0. The number of aliphatic carboxylic acids is 1. The van der Waals surface area contributed by atoms with E-state index in [4.69, 9.17) is 22.9 Å². The summed E-state index contributed by atoms with van der Waals surface area (Å²) in [6.45, 7) is -0.442. The van der Waals surface area contributed by atoms with E-state index in [0.29, 0.717) is 18.5 Å². The van der Waals surface area contributed by atoms with Crippen molar-refractivity contribution in [2.75, 3.05) is 43.4 Å². The number of rotatable bonds is 30. The fourth-order valence-electron chi connectivity index (χ4n) is 4.87. The molecule has 0 saturated heterocycles. The van der Waals surface area contributed by atoms with Crippen LogP contribution in [0.1, 0.15) is 31.2 Å². The summed E-state index contributed by atoms with van der Waals surface area (Å²) in [5, 5.41) is 28.3. The molecule has 0 bridgehead atoms. The molecule has 0 aliphatic heterocycles. The number of carboxylic acid groups (broad SMARTS) is 1. The Morgan fingerprint density at radius 2 is 1.30 bits per heavy atom. The number of thioether (sulfide) groups is 1. The van der Waals surface area contributed by atoms with Crippen LogP contribution in [-0.2, 0) is 49.6 Å². The van der Waals surface area contributed by atoms with E-state index in [1.165, 1.54) is 11.8 Å². The number of hydrogen-bond donors (Lipinski definition) is 14. The van der Waals surface area contributed by atoms with E-state index in [1.54, 1.807) is 41.8 Å². The molecule has 0 aliphatic carbocycles. The largest absolute Gasteiger partial charge is 0.481 e. The highest BCUT2D eigenvalue weighted by molar-refractivity contribution is 8.02. The molecule has 0 aromatic heterocycles. The van der Waals surface area contributed by atoms with E-state index in [2.05, 4.69) is 67.5 Å². The van der Waals surface area contributed by atoms with Crippen molar-refractivity contribution in [1.29, 1.82) is 0 Å². The van der Waals surface area contributed by atoms with E-state index in [0.717, 1.165) is 0 Å². The lowest BCUT2D eigenvalue weighted by Gasteiger charge is -2.24. The standard InChI is InChI=1S/C35H54N12O10S3/c36-26(48)19-60-12-5-4-10-40-15-27(49)44-24(17-58)33(56)45-21(9-6-11-41-35(38)39)31(54)42-16-28(50)43-23(14-29(51)52)32(55)47-25(18-59)34(57)46-22(30(37)53)13-20-7-2-1-3-8-20/h1-3,5,7-8,12,21-25,40,58-59H,4,6,9-11,13-19H2,(H2,36,48)(H2,37,53)(H,42,54)(H,43,50)(H,44,49)(H,45,56)(H,46,57)(H,47,55)(H,51,52)(H4,38,39,41)/t21-,22-,23-,24-,25-/m0/s1. The number of thiol groups is 2. The minimum absolute atomic E-state index is 0.0325. The molecule has 1 rings (SSSR count). The Bertz CT molecular complexity index is 1690. The third kappa shape index (κ3) is 23.2. The minimum Gasteiger partial charge on any atom is -0.481 e. The van der Waals surface area contributed by atoms with Gasteiger partial charge in [-0.25, -0.2) is 0 Å². The number of aliphatic imine (C=N–C) groups is 1. The molecule has 0 aliphatic rings. The first-order chi connectivity index (χ1) is 28.5. The smallest absolute Gasteiger partial charge is 0.305 e. The van der Waals surface area contributed by atoms with Crippen molar-refractivity contribution in [3.8, 4) is 0 Å². The van der Waals surface area contributed by atoms with Crippen LogP contribution in [0.3, 0.4) is 0 Å². The van der Waals surface area contributed by atoms with Crippen LogP contribution in [0.15, 0.2) is 46.8 Å². The summed E-state index contributed by atoms with van der Waals surface area (Å²) in [5.41, 5.74) is 22.0. The average molecular weight is 899 g/mol. The number of guanidine groups is 1. The van der Waals surface area contributed by atoms with Gasteiger partial charge in [0.1, 0.15) is 30.2 Å². The predicted molar refractivity (Wildman–Crippen MR) is 230 cm³/mol. The minimum atomic E-state index is -1.73. The van der Waals surface area contributed by atoms with Crippen LogP contribution in [0.4, 0.5) is 0 Å². The molecular weight excluding hydrogens is 845 g/mol. The van der Waals surface area contributed by atoms with Crippen molar-refractivity contribution in [3.05, 3.63) is 47.4 Å². The fourth-order valence-corrected chi connectivity index (χ4v) is 5.92. The van der Waals surface area contributed by atoms with Crippen molar-refractivity contribution in [1.82, 2.24) is 37.2 Å². The van der Waals surface area contributed by atoms with Crippen LogP contribution in [0.2, 0.25) is 0 Å². The molecule has 5 atom stereocenters. The number of hydrogen-bond acceptors (Lipinski definition) is 14. The van der Waals surface area contributed by atoms with Gasteiger partial charge in [-0.15, -0.1) is 11.8 Å². The van der Waals surface area contributed by atoms with Crippen molar-refractivity contribution in [2.24, 2.45) is 27.9 Å². The zero-order valence-corrected chi connectivity index (χ0v) is 35.2. The molecule has 8 amide bonds. The first-order valence-electron chi connectivity index (χ1n) is 18.3. The number of nitrogens with zero attached hydrogens (tertiary/aromatic N) is 1. The number of carbonyl (C=O) groups excluding carboxylic acids is 8. The highest BCUT2D eigenvalue weighted by atomic mass is 32.2. The normalized spacial score (nSPS) is 13.3. The molecule has 0 heterocycles. The predicted octanol–water partition coefficient (Wildman–Crippen LogP) is -4.65. The van der Waals surface area contributed by atoms with Gasteiger partial charge in [-0.3, -0.25) is 48.1 Å². The zero-order chi connectivity index (χ0) is 45.0. The molecule has 332 valence electrons. The monoisotopic (exact) mass is 898 g/mol. The van der Waals surface area contributed by atoms with Crippen molar-refractivity contribution in [2.45, 2.75) is 62.3 Å². The first-order valence-corrected chi connectivity index (χ1v) is 20.6. The molecule has 1 aromatic carbocycles. The van der Waals surface area contributed by atoms with E-state index in [1.807, 2.05) is 0 Å². The number of carbonyl (C=O) groups is 9. The molecule has 0 fully saturated rings. The molecule has 0 spiro atoms. The van der Waals surface area contributed by atoms with Gasteiger partial charge in [0, 0.05) is 24.5 Å². The second-order valence-electron chi connectivity index (χ2n) is 12.8. The zero-order valence-electron chi connectivity index (χ0n) is 32.6. The summed E-state index contributed by atoms with van der Waals surface area (Å²) in [5.74, 6) is -8.41. The van der Waals surface area contributed by atoms with Gasteiger partial charge in [-0.05, 0) is 36.8 Å². The highest BCUT2D eigenvalue weighted by Gasteiger charge is 2.31. The maximum absolute atomic E-state index is 13.3. The van der Waals surface area contributed by atoms with Crippen molar-refractivity contribution < 1.29 is 48.3 Å². The molecule has 0 unspecified atom stereocenters. The summed E-state index contributed by atoms with van der Waals surface area (Å²) < 4.78 is 0. The summed E-state index contributed by atoms with van der Waals surface area (Å²) >= 11 is 9.46. The van der Waals surface area contributed by atoms with E-state index >= 15 is 0 Å². The van der Waals surface area contributed by atoms with E-state index < -0.39 is 96.4 Å². The second-order valence-corrected chi connectivity index (χ2v) is 14.4. The number of primary amides is 2. The quantitative estimate of drug-likeness (QED) is 0.0150. The molecular formula is C35H54N12O10S3. The topological polar surface area (TPSA) is 375 Å². The Morgan fingerprint density at radius 1 is 0.733 bits per heavy atom. The maximum Gasteiger partial charge on any atom is 0.305 e. The van der Waals surface area contributed by atoms with Gasteiger partial charge in [0.25, 0.3) is 0 Å². The van der Waals surface area contributed by atoms with Gasteiger partial charge in [0.05, 0.1) is 25.3 Å². The Balaban J connectivity index is 2.90. The van der Waals surface area contributed by atoms with Gasteiger partial charge < -0.3 is 65.3 Å². The number of nitrogens with two attached hydrogens (primary N) is 4. The lowest BCUT2D eigenvalue weighted by atomic mass is 10.1. The van der Waals surface area contributed by atoms with Crippen LogP contribution >= 0.6 is 37.0 Å². The summed E-state index contributed by atoms with van der Waals surface area (Å²) in [6, 6.07) is 1.93. The van der Waals surface area contributed by atoms with Gasteiger partial charge in [-0.1, -0.05) is 36.4 Å². The summed E-state index contributed by atoms with van der Waals surface area (Å²) in [6.07, 6.45) is 1.61. The summed E-state index contributed by atoms with van der Waals surface area (Å²) in [4.78, 5) is 116. The molecule has 60 heavy (non-hydrogen) atoms. The number of benzene rings is 1. The van der Waals surface area contributed by atoms with E-state index in [-0.39, 0.29) is 55.6 Å². The van der Waals surface area contributed by atoms with Crippen molar-refractivity contribution >= 4 is 96.2 Å². The Morgan fingerprint density at radius 3 is 1.88 bits per heavy atom. The lowest BCUT2D eigenvalue weighted by molar-refractivity contribution is -0.141. The lowest BCUT2D eigenvalue weighted by Crippen LogP contribution is -2.58. The third-order valence-corrected chi connectivity index (χ3v) is 9.38. The maximum atomic E-state index is 13.3. The molecule has 22 nitrogen and oxygen atoms in total. The molecule has 16 N–H and O–H groups in total. The average Bonchev–Trinajstić information content (AvgIpc) is 3.19. The molecule has 0 radical (unpaired) electrons. The van der Waals surface area contributed by atoms with Crippen LogP contribution < -0.4 is 60.2 Å². The highest BCUT2D eigenvalue weighted by Crippen LogP contribution is 2.06. The molecule has 0 saturated carbocycles. The number of amides is 8. The number of carboxylic acids is 1. The van der Waals surface area contributed by atoms with Crippen LogP contribution in [0, 0.1) is 0 Å². The first kappa shape index (κ1) is 52.5. The van der Waals surface area contributed by atoms with Crippen LogP contribution in [0.5, 0.6) is 0 Å². The fraction of sp³-hybridized carbons (Fsp3) is 0.486. The van der Waals surface area contributed by atoms with Gasteiger partial charge in [-0.2, -0.15) is 25.3 Å². The van der Waals surface area contributed by atoms with Crippen molar-refractivity contribution in [3.63, 3.8) is 0 Å². The van der Waals surface area contributed by atoms with E-state index in [9.17, 15) is 48.3 Å². The van der Waals surface area contributed by atoms with Gasteiger partial charge in [0.15, 0.2) is 5.96 Å². The Kier molecular flexibility index (Phi) is 25.9. The van der Waals surface area contributed by atoms with Gasteiger partial charge >= 0.3 is 5.97 Å².